The van der Waals surface area contributed by atoms with Crippen molar-refractivity contribution < 1.29 is 14.3 Å². The number of hydrogen-bond acceptors (Lipinski definition) is 3. The van der Waals surface area contributed by atoms with Gasteiger partial charge in [0.15, 0.2) is 5.78 Å². The molecule has 0 heterocycles. The molecule has 1 aromatic rings. The number of ether oxygens (including phenoxy) is 1. The van der Waals surface area contributed by atoms with Crippen molar-refractivity contribution in [2.45, 2.75) is 27.2 Å². The molecule has 16 heavy (non-hydrogen) atoms. The highest BCUT2D eigenvalue weighted by Crippen LogP contribution is 2.14. The summed E-state index contributed by atoms with van der Waals surface area (Å²) in [5.74, 6) is 0.139. The molecule has 0 aromatic heterocycles. The molecule has 0 atom stereocenters. The van der Waals surface area contributed by atoms with Crippen LogP contribution in [0.2, 0.25) is 0 Å². The van der Waals surface area contributed by atoms with Gasteiger partial charge in [0.25, 0.3) is 0 Å². The molecule has 0 N–H and O–H groups in total. The average Bonchev–Trinajstić information content (AvgIpc) is 2.28. The van der Waals surface area contributed by atoms with Crippen molar-refractivity contribution in [3.8, 4) is 5.75 Å². The molecule has 0 unspecified atom stereocenters. The SMILES string of the molecule is CCC(=O)c1ccc(OC(=O)C(C)C)cc1. The van der Waals surface area contributed by atoms with Crippen molar-refractivity contribution in [1.29, 1.82) is 0 Å². The molecule has 1 rings (SSSR count). The van der Waals surface area contributed by atoms with E-state index >= 15 is 0 Å². The number of hydrogen-bond donors (Lipinski definition) is 0. The Morgan fingerprint density at radius 1 is 1.19 bits per heavy atom. The Morgan fingerprint density at radius 3 is 2.19 bits per heavy atom. The van der Waals surface area contributed by atoms with E-state index in [-0.39, 0.29) is 17.7 Å². The molecule has 3 nitrogen and oxygen atoms in total. The van der Waals surface area contributed by atoms with Crippen LogP contribution in [0.25, 0.3) is 0 Å². The summed E-state index contributed by atoms with van der Waals surface area (Å²) in [4.78, 5) is 22.6. The van der Waals surface area contributed by atoms with Crippen molar-refractivity contribution in [3.05, 3.63) is 29.8 Å². The molecule has 0 aliphatic heterocycles. The van der Waals surface area contributed by atoms with Gasteiger partial charge in [-0.2, -0.15) is 0 Å². The zero-order valence-corrected chi connectivity index (χ0v) is 9.82. The largest absolute Gasteiger partial charge is 0.426 e. The first-order valence-electron chi connectivity index (χ1n) is 5.39. The smallest absolute Gasteiger partial charge is 0.313 e. The first-order valence-corrected chi connectivity index (χ1v) is 5.39. The normalized spacial score (nSPS) is 10.2. The van der Waals surface area contributed by atoms with E-state index in [4.69, 9.17) is 4.74 Å². The first kappa shape index (κ1) is 12.4. The van der Waals surface area contributed by atoms with Gasteiger partial charge in [-0.3, -0.25) is 9.59 Å². The molecule has 0 aliphatic carbocycles. The molecule has 0 saturated carbocycles. The monoisotopic (exact) mass is 220 g/mol. The lowest BCUT2D eigenvalue weighted by atomic mass is 10.1. The van der Waals surface area contributed by atoms with Crippen molar-refractivity contribution in [2.24, 2.45) is 5.92 Å². The molecule has 0 aliphatic rings. The summed E-state index contributed by atoms with van der Waals surface area (Å²) in [5.41, 5.74) is 0.645. The molecule has 86 valence electrons. The van der Waals surface area contributed by atoms with Crippen molar-refractivity contribution in [3.63, 3.8) is 0 Å². The van der Waals surface area contributed by atoms with Crippen molar-refractivity contribution in [2.75, 3.05) is 0 Å². The van der Waals surface area contributed by atoms with Gasteiger partial charge in [0, 0.05) is 12.0 Å². The Labute approximate surface area is 95.4 Å². The maximum Gasteiger partial charge on any atom is 0.313 e. The number of benzene rings is 1. The number of carbonyl (C=O) groups is 2. The number of ketones is 1. The van der Waals surface area contributed by atoms with E-state index in [1.54, 1.807) is 38.1 Å². The second-order valence-electron chi connectivity index (χ2n) is 3.88. The molecule has 0 bridgehead atoms. The zero-order valence-electron chi connectivity index (χ0n) is 9.82. The summed E-state index contributed by atoms with van der Waals surface area (Å²) < 4.78 is 5.09. The fraction of sp³-hybridized carbons (Fsp3) is 0.385. The molecular formula is C13H16O3. The van der Waals surface area contributed by atoms with Gasteiger partial charge in [0.1, 0.15) is 5.75 Å². The Balaban J connectivity index is 2.72. The van der Waals surface area contributed by atoms with E-state index < -0.39 is 0 Å². The minimum atomic E-state index is -0.269. The highest BCUT2D eigenvalue weighted by atomic mass is 16.5. The summed E-state index contributed by atoms with van der Waals surface area (Å²) in [7, 11) is 0. The standard InChI is InChI=1S/C13H16O3/c1-4-12(14)10-5-7-11(8-6-10)16-13(15)9(2)3/h5-9H,4H2,1-3H3. The van der Waals surface area contributed by atoms with E-state index in [1.807, 2.05) is 6.92 Å². The zero-order chi connectivity index (χ0) is 12.1. The predicted molar refractivity (Wildman–Crippen MR) is 61.5 cm³/mol. The fourth-order valence-electron chi connectivity index (χ4n) is 1.15. The van der Waals surface area contributed by atoms with Crippen LogP contribution in [0, 0.1) is 5.92 Å². The number of carbonyl (C=O) groups excluding carboxylic acids is 2. The van der Waals surface area contributed by atoms with Crippen LogP contribution in [-0.4, -0.2) is 11.8 Å². The third kappa shape index (κ3) is 3.19. The Morgan fingerprint density at radius 2 is 1.75 bits per heavy atom. The Bertz CT molecular complexity index is 377. The van der Waals surface area contributed by atoms with E-state index in [2.05, 4.69) is 0 Å². The summed E-state index contributed by atoms with van der Waals surface area (Å²) >= 11 is 0. The third-order valence-electron chi connectivity index (χ3n) is 2.19. The number of Topliss-reactive ketones (excluding diaryl/α,β-unsaturated/α-hetero) is 1. The third-order valence-corrected chi connectivity index (χ3v) is 2.19. The minimum Gasteiger partial charge on any atom is -0.426 e. The maximum absolute atomic E-state index is 11.3. The van der Waals surface area contributed by atoms with Crippen LogP contribution < -0.4 is 4.74 Å². The molecule has 0 amide bonds. The highest BCUT2D eigenvalue weighted by Gasteiger charge is 2.10. The van der Waals surface area contributed by atoms with Gasteiger partial charge < -0.3 is 4.74 Å². The van der Waals surface area contributed by atoms with Crippen LogP contribution in [0.15, 0.2) is 24.3 Å². The maximum atomic E-state index is 11.3. The van der Waals surface area contributed by atoms with Crippen LogP contribution in [0.5, 0.6) is 5.75 Å². The van der Waals surface area contributed by atoms with Crippen LogP contribution >= 0.6 is 0 Å². The molecular weight excluding hydrogens is 204 g/mol. The molecule has 3 heteroatoms. The summed E-state index contributed by atoms with van der Waals surface area (Å²) in [6.45, 7) is 5.36. The van der Waals surface area contributed by atoms with Gasteiger partial charge >= 0.3 is 5.97 Å². The quantitative estimate of drug-likeness (QED) is 0.445. The topological polar surface area (TPSA) is 43.4 Å². The average molecular weight is 220 g/mol. The summed E-state index contributed by atoms with van der Waals surface area (Å²) in [6.07, 6.45) is 0.477. The molecule has 0 spiro atoms. The van der Waals surface area contributed by atoms with E-state index in [0.717, 1.165) is 0 Å². The Kier molecular flexibility index (Phi) is 4.23. The fourth-order valence-corrected chi connectivity index (χ4v) is 1.15. The second kappa shape index (κ2) is 5.45. The number of esters is 1. The van der Waals surface area contributed by atoms with Gasteiger partial charge in [0.05, 0.1) is 5.92 Å². The summed E-state index contributed by atoms with van der Waals surface area (Å²) in [5, 5.41) is 0. The molecule has 1 aromatic carbocycles. The predicted octanol–water partition coefficient (Wildman–Crippen LogP) is 2.84. The molecule has 0 saturated heterocycles. The molecule has 0 fully saturated rings. The van der Waals surface area contributed by atoms with Crippen LogP contribution in [0.3, 0.4) is 0 Å². The lowest BCUT2D eigenvalue weighted by Crippen LogP contribution is -2.14. The van der Waals surface area contributed by atoms with Gasteiger partial charge in [-0.1, -0.05) is 20.8 Å². The first-order chi connectivity index (χ1) is 7.54. The van der Waals surface area contributed by atoms with E-state index in [0.29, 0.717) is 17.7 Å². The van der Waals surface area contributed by atoms with Gasteiger partial charge in [-0.05, 0) is 24.3 Å². The lowest BCUT2D eigenvalue weighted by molar-refractivity contribution is -0.137. The highest BCUT2D eigenvalue weighted by molar-refractivity contribution is 5.95. The van der Waals surface area contributed by atoms with Crippen molar-refractivity contribution in [1.82, 2.24) is 0 Å². The second-order valence-corrected chi connectivity index (χ2v) is 3.88. The minimum absolute atomic E-state index is 0.0849. The summed E-state index contributed by atoms with van der Waals surface area (Å²) in [6, 6.07) is 6.63. The van der Waals surface area contributed by atoms with Gasteiger partial charge in [-0.25, -0.2) is 0 Å². The van der Waals surface area contributed by atoms with Crippen LogP contribution in [0.4, 0.5) is 0 Å². The van der Waals surface area contributed by atoms with Crippen molar-refractivity contribution >= 4 is 11.8 Å². The van der Waals surface area contributed by atoms with Gasteiger partial charge in [-0.15, -0.1) is 0 Å². The lowest BCUT2D eigenvalue weighted by Gasteiger charge is -2.06. The Hall–Kier alpha value is -1.64. The van der Waals surface area contributed by atoms with Crippen LogP contribution in [0.1, 0.15) is 37.6 Å². The van der Waals surface area contributed by atoms with Crippen LogP contribution in [-0.2, 0) is 4.79 Å². The van der Waals surface area contributed by atoms with Gasteiger partial charge in [0.2, 0.25) is 0 Å². The van der Waals surface area contributed by atoms with E-state index in [9.17, 15) is 9.59 Å². The molecule has 0 radical (unpaired) electrons. The number of rotatable bonds is 4. The van der Waals surface area contributed by atoms with E-state index in [1.165, 1.54) is 0 Å².